The van der Waals surface area contributed by atoms with Crippen molar-refractivity contribution >= 4 is 46.7 Å². The summed E-state index contributed by atoms with van der Waals surface area (Å²) in [4.78, 5) is 16.2. The van der Waals surface area contributed by atoms with Crippen molar-refractivity contribution in [3.05, 3.63) is 52.6 Å². The summed E-state index contributed by atoms with van der Waals surface area (Å²) in [7, 11) is 0. The third kappa shape index (κ3) is 4.72. The maximum Gasteiger partial charge on any atom is 0.277 e. The fourth-order valence-electron chi connectivity index (χ4n) is 1.88. The molecule has 0 aliphatic rings. The van der Waals surface area contributed by atoms with Crippen LogP contribution in [0.15, 0.2) is 52.2 Å². The fraction of sp³-hybridized carbons (Fsp3) is 0.125. The van der Waals surface area contributed by atoms with Gasteiger partial charge in [-0.1, -0.05) is 41.0 Å². The molecule has 2 aromatic heterocycles. The molecule has 2 heterocycles. The lowest BCUT2D eigenvalue weighted by Crippen LogP contribution is -2.22. The number of thioether (sulfide) groups is 1. The molecule has 3 aromatic rings. The molecule has 1 atom stereocenters. The third-order valence-electron chi connectivity index (χ3n) is 3.10. The molecule has 0 radical (unpaired) electrons. The number of pyridine rings is 1. The molecule has 0 saturated heterocycles. The number of hydrogen-bond donors (Lipinski definition) is 1. The van der Waals surface area contributed by atoms with Crippen LogP contribution in [0.3, 0.4) is 0 Å². The number of benzene rings is 1. The van der Waals surface area contributed by atoms with E-state index in [1.54, 1.807) is 37.3 Å². The molecule has 1 N–H and O–H groups in total. The van der Waals surface area contributed by atoms with E-state index in [1.165, 1.54) is 6.20 Å². The lowest BCUT2D eigenvalue weighted by molar-refractivity contribution is -0.115. The van der Waals surface area contributed by atoms with Gasteiger partial charge in [-0.3, -0.25) is 4.79 Å². The standard InChI is InChI=1S/C16H12Cl2N4O2S/c1-9(14(23)20-13-6-5-12(18)8-19-13)25-16-22-21-15(24-16)10-3-2-4-11(17)7-10/h2-9H,1H3,(H,19,20,23). The lowest BCUT2D eigenvalue weighted by Gasteiger charge is -2.09. The fourth-order valence-corrected chi connectivity index (χ4v) is 2.86. The Morgan fingerprint density at radius 1 is 1.20 bits per heavy atom. The number of rotatable bonds is 5. The van der Waals surface area contributed by atoms with E-state index in [9.17, 15) is 4.79 Å². The first-order chi connectivity index (χ1) is 12.0. The van der Waals surface area contributed by atoms with Crippen molar-refractivity contribution in [2.24, 2.45) is 0 Å². The van der Waals surface area contributed by atoms with Crippen LogP contribution < -0.4 is 5.32 Å². The van der Waals surface area contributed by atoms with Crippen molar-refractivity contribution in [2.75, 3.05) is 5.32 Å². The average Bonchev–Trinajstić information content (AvgIpc) is 3.05. The number of nitrogens with one attached hydrogen (secondary N) is 1. The molecule has 3 rings (SSSR count). The second kappa shape index (κ2) is 7.86. The Labute approximate surface area is 158 Å². The van der Waals surface area contributed by atoms with Gasteiger partial charge in [-0.05, 0) is 37.3 Å². The molecule has 128 valence electrons. The SMILES string of the molecule is CC(Sc1nnc(-c2cccc(Cl)c2)o1)C(=O)Nc1ccc(Cl)cn1. The van der Waals surface area contributed by atoms with Gasteiger partial charge >= 0.3 is 0 Å². The van der Waals surface area contributed by atoms with Crippen LogP contribution in [0.5, 0.6) is 0 Å². The highest BCUT2D eigenvalue weighted by Crippen LogP contribution is 2.27. The molecule has 1 amide bonds. The van der Waals surface area contributed by atoms with Gasteiger partial charge in [0.1, 0.15) is 5.82 Å². The summed E-state index contributed by atoms with van der Waals surface area (Å²) in [5.41, 5.74) is 0.717. The highest BCUT2D eigenvalue weighted by molar-refractivity contribution is 8.00. The molecule has 0 aliphatic heterocycles. The second-order valence-corrected chi connectivity index (χ2v) is 7.16. The predicted molar refractivity (Wildman–Crippen MR) is 97.9 cm³/mol. The van der Waals surface area contributed by atoms with Gasteiger partial charge in [0.15, 0.2) is 0 Å². The zero-order chi connectivity index (χ0) is 17.8. The number of amides is 1. The molecule has 0 aliphatic carbocycles. The van der Waals surface area contributed by atoms with Crippen molar-refractivity contribution in [1.82, 2.24) is 15.2 Å². The Hall–Kier alpha value is -2.09. The van der Waals surface area contributed by atoms with Crippen LogP contribution >= 0.6 is 35.0 Å². The molecule has 0 spiro atoms. The number of anilines is 1. The quantitative estimate of drug-likeness (QED) is 0.638. The van der Waals surface area contributed by atoms with Crippen LogP contribution in [-0.4, -0.2) is 26.3 Å². The summed E-state index contributed by atoms with van der Waals surface area (Å²) < 4.78 is 5.58. The molecule has 0 fully saturated rings. The summed E-state index contributed by atoms with van der Waals surface area (Å²) in [5.74, 6) is 0.534. The van der Waals surface area contributed by atoms with E-state index in [-0.39, 0.29) is 5.91 Å². The van der Waals surface area contributed by atoms with Crippen molar-refractivity contribution in [1.29, 1.82) is 0 Å². The Kier molecular flexibility index (Phi) is 5.57. The Balaban J connectivity index is 1.64. The highest BCUT2D eigenvalue weighted by Gasteiger charge is 2.19. The molecular formula is C16H12Cl2N4O2S. The van der Waals surface area contributed by atoms with Crippen LogP contribution in [0.1, 0.15) is 6.92 Å². The number of aromatic nitrogens is 3. The van der Waals surface area contributed by atoms with Gasteiger partial charge in [0.05, 0.1) is 10.3 Å². The number of carbonyl (C=O) groups excluding carboxylic acids is 1. The van der Waals surface area contributed by atoms with Crippen molar-refractivity contribution in [3.8, 4) is 11.5 Å². The summed E-state index contributed by atoms with van der Waals surface area (Å²) >= 11 is 12.9. The summed E-state index contributed by atoms with van der Waals surface area (Å²) in [6.07, 6.45) is 1.46. The first kappa shape index (κ1) is 17.7. The van der Waals surface area contributed by atoms with Crippen LogP contribution in [0.25, 0.3) is 11.5 Å². The minimum Gasteiger partial charge on any atom is -0.411 e. The van der Waals surface area contributed by atoms with Gasteiger partial charge in [0.25, 0.3) is 5.22 Å². The van der Waals surface area contributed by atoms with E-state index in [4.69, 9.17) is 27.6 Å². The van der Waals surface area contributed by atoms with Gasteiger partial charge in [-0.15, -0.1) is 10.2 Å². The molecule has 6 nitrogen and oxygen atoms in total. The Morgan fingerprint density at radius 2 is 2.04 bits per heavy atom. The van der Waals surface area contributed by atoms with E-state index in [0.29, 0.717) is 32.5 Å². The van der Waals surface area contributed by atoms with Crippen molar-refractivity contribution in [3.63, 3.8) is 0 Å². The predicted octanol–water partition coefficient (Wildman–Crippen LogP) is 4.56. The van der Waals surface area contributed by atoms with Crippen molar-refractivity contribution in [2.45, 2.75) is 17.4 Å². The zero-order valence-corrected chi connectivity index (χ0v) is 15.3. The summed E-state index contributed by atoms with van der Waals surface area (Å²) in [5, 5.41) is 11.5. The van der Waals surface area contributed by atoms with Crippen LogP contribution in [0, 0.1) is 0 Å². The normalized spacial score (nSPS) is 12.0. The molecule has 0 saturated carbocycles. The van der Waals surface area contributed by atoms with Crippen molar-refractivity contribution < 1.29 is 9.21 Å². The van der Waals surface area contributed by atoms with Crippen LogP contribution in [0.4, 0.5) is 5.82 Å². The van der Waals surface area contributed by atoms with E-state index in [1.807, 2.05) is 6.07 Å². The Bertz CT molecular complexity index is 886. The van der Waals surface area contributed by atoms with E-state index >= 15 is 0 Å². The minimum absolute atomic E-state index is 0.234. The summed E-state index contributed by atoms with van der Waals surface area (Å²) in [6.45, 7) is 1.74. The Morgan fingerprint density at radius 3 is 2.76 bits per heavy atom. The molecule has 1 unspecified atom stereocenters. The molecular weight excluding hydrogens is 383 g/mol. The topological polar surface area (TPSA) is 80.9 Å². The monoisotopic (exact) mass is 394 g/mol. The van der Waals surface area contributed by atoms with Gasteiger partial charge in [0, 0.05) is 16.8 Å². The first-order valence-electron chi connectivity index (χ1n) is 7.20. The maximum atomic E-state index is 12.2. The number of carbonyl (C=O) groups is 1. The van der Waals surface area contributed by atoms with E-state index in [0.717, 1.165) is 11.8 Å². The molecule has 9 heteroatoms. The maximum absolute atomic E-state index is 12.2. The smallest absolute Gasteiger partial charge is 0.277 e. The molecule has 25 heavy (non-hydrogen) atoms. The molecule has 0 bridgehead atoms. The van der Waals surface area contributed by atoms with E-state index in [2.05, 4.69) is 20.5 Å². The number of nitrogens with zero attached hydrogens (tertiary/aromatic N) is 3. The lowest BCUT2D eigenvalue weighted by atomic mass is 10.2. The van der Waals surface area contributed by atoms with Gasteiger partial charge in [0.2, 0.25) is 11.8 Å². The molecule has 1 aromatic carbocycles. The average molecular weight is 395 g/mol. The summed E-state index contributed by atoms with van der Waals surface area (Å²) in [6, 6.07) is 10.4. The van der Waals surface area contributed by atoms with Crippen LogP contribution in [0.2, 0.25) is 10.0 Å². The minimum atomic E-state index is -0.454. The van der Waals surface area contributed by atoms with Gasteiger partial charge in [-0.2, -0.15) is 0 Å². The zero-order valence-electron chi connectivity index (χ0n) is 12.9. The van der Waals surface area contributed by atoms with Gasteiger partial charge < -0.3 is 9.73 Å². The van der Waals surface area contributed by atoms with E-state index < -0.39 is 5.25 Å². The number of halogens is 2. The third-order valence-corrected chi connectivity index (χ3v) is 4.50. The van der Waals surface area contributed by atoms with Gasteiger partial charge in [-0.25, -0.2) is 4.98 Å². The first-order valence-corrected chi connectivity index (χ1v) is 8.83. The second-order valence-electron chi connectivity index (χ2n) is 4.99. The largest absolute Gasteiger partial charge is 0.411 e. The highest BCUT2D eigenvalue weighted by atomic mass is 35.5. The van der Waals surface area contributed by atoms with Crippen LogP contribution in [-0.2, 0) is 4.79 Å². The number of hydrogen-bond acceptors (Lipinski definition) is 6.